The fourth-order valence-corrected chi connectivity index (χ4v) is 5.80. The molecule has 0 aromatic carbocycles. The van der Waals surface area contributed by atoms with E-state index in [0.717, 1.165) is 42.2 Å². The molecule has 5 nitrogen and oxygen atoms in total. The number of amides is 1. The third kappa shape index (κ3) is 3.90. The van der Waals surface area contributed by atoms with Gasteiger partial charge in [0.1, 0.15) is 11.4 Å². The molecule has 0 unspecified atom stereocenters. The monoisotopic (exact) mass is 405 g/mol. The van der Waals surface area contributed by atoms with E-state index in [1.165, 1.54) is 17.4 Å². The number of nitrogens with one attached hydrogen (secondary N) is 2. The van der Waals surface area contributed by atoms with Crippen LogP contribution >= 0.6 is 22.9 Å². The molecule has 2 aromatic heterocycles. The van der Waals surface area contributed by atoms with Gasteiger partial charge >= 0.3 is 0 Å². The summed E-state index contributed by atoms with van der Waals surface area (Å²) in [6.45, 7) is 4.45. The number of carbonyl (C=O) groups is 1. The first-order chi connectivity index (χ1) is 12.9. The first-order valence-electron chi connectivity index (χ1n) is 9.37. The second-order valence-electron chi connectivity index (χ2n) is 7.52. The van der Waals surface area contributed by atoms with Crippen LogP contribution in [0.5, 0.6) is 0 Å². The van der Waals surface area contributed by atoms with E-state index in [4.69, 9.17) is 16.3 Å². The van der Waals surface area contributed by atoms with E-state index in [-0.39, 0.29) is 17.6 Å². The molecule has 2 aromatic rings. The molecular formula is C20H24ClN3O2S. The molecule has 2 N–H and O–H groups in total. The van der Waals surface area contributed by atoms with E-state index in [1.54, 1.807) is 11.3 Å². The Hall–Kier alpha value is -1.47. The van der Waals surface area contributed by atoms with E-state index in [0.29, 0.717) is 11.9 Å². The molecule has 1 fully saturated rings. The molecule has 0 bridgehead atoms. The zero-order valence-corrected chi connectivity index (χ0v) is 17.1. The van der Waals surface area contributed by atoms with Gasteiger partial charge in [-0.1, -0.05) is 17.7 Å². The van der Waals surface area contributed by atoms with Crippen molar-refractivity contribution in [3.8, 4) is 0 Å². The lowest BCUT2D eigenvalue weighted by Gasteiger charge is -2.37. The van der Waals surface area contributed by atoms with Crippen molar-refractivity contribution >= 4 is 34.7 Å². The van der Waals surface area contributed by atoms with Gasteiger partial charge in [0.05, 0.1) is 10.9 Å². The Balaban J connectivity index is 1.56. The van der Waals surface area contributed by atoms with Gasteiger partial charge in [0, 0.05) is 30.1 Å². The van der Waals surface area contributed by atoms with Crippen molar-refractivity contribution < 1.29 is 9.53 Å². The molecule has 0 saturated carbocycles. The lowest BCUT2D eigenvalue weighted by atomic mass is 9.85. The van der Waals surface area contributed by atoms with E-state index >= 15 is 0 Å². The summed E-state index contributed by atoms with van der Waals surface area (Å²) in [4.78, 5) is 16.9. The number of carbonyl (C=O) groups excluding carboxylic acids is 1. The quantitative estimate of drug-likeness (QED) is 0.775. The molecule has 2 aliphatic rings. The molecule has 27 heavy (non-hydrogen) atoms. The number of nitrogens with zero attached hydrogens (tertiary/aromatic N) is 1. The summed E-state index contributed by atoms with van der Waals surface area (Å²) >= 11 is 7.99. The summed E-state index contributed by atoms with van der Waals surface area (Å²) < 4.78 is 7.24. The molecule has 4 rings (SSSR count). The number of aromatic nitrogens is 1. The predicted molar refractivity (Wildman–Crippen MR) is 108 cm³/mol. The number of ether oxygens (including phenoxy) is 1. The van der Waals surface area contributed by atoms with E-state index < -0.39 is 0 Å². The van der Waals surface area contributed by atoms with E-state index in [9.17, 15) is 4.79 Å². The Morgan fingerprint density at radius 2 is 2.33 bits per heavy atom. The number of rotatable bonds is 2. The Labute approximate surface area is 168 Å². The molecule has 144 valence electrons. The van der Waals surface area contributed by atoms with Gasteiger partial charge in [-0.25, -0.2) is 4.98 Å². The van der Waals surface area contributed by atoms with Crippen LogP contribution in [0.1, 0.15) is 55.2 Å². The van der Waals surface area contributed by atoms with E-state index in [2.05, 4.69) is 28.6 Å². The molecule has 0 aliphatic carbocycles. The van der Waals surface area contributed by atoms with Crippen LogP contribution < -0.4 is 10.6 Å². The van der Waals surface area contributed by atoms with Gasteiger partial charge in [-0.2, -0.15) is 0 Å². The minimum Gasteiger partial charge on any atom is -0.369 e. The normalized spacial score (nSPS) is 27.8. The highest BCUT2D eigenvalue weighted by Crippen LogP contribution is 2.48. The van der Waals surface area contributed by atoms with Crippen molar-refractivity contribution in [3.63, 3.8) is 0 Å². The van der Waals surface area contributed by atoms with Crippen LogP contribution in [0.3, 0.4) is 0 Å². The molecule has 3 atom stereocenters. The van der Waals surface area contributed by atoms with Gasteiger partial charge in [0.2, 0.25) is 5.91 Å². The van der Waals surface area contributed by atoms with Crippen molar-refractivity contribution in [1.29, 1.82) is 0 Å². The number of fused-ring (bicyclic) bond motifs is 2. The maximum atomic E-state index is 11.2. The van der Waals surface area contributed by atoms with Crippen LogP contribution in [0.15, 0.2) is 24.4 Å². The van der Waals surface area contributed by atoms with Crippen molar-refractivity contribution in [2.75, 3.05) is 11.9 Å². The van der Waals surface area contributed by atoms with Gasteiger partial charge in [0.25, 0.3) is 0 Å². The predicted octanol–water partition coefficient (Wildman–Crippen LogP) is 4.43. The first-order valence-corrected chi connectivity index (χ1v) is 10.6. The van der Waals surface area contributed by atoms with Gasteiger partial charge in [-0.15, -0.1) is 11.3 Å². The molecule has 1 saturated heterocycles. The SMILES string of the molecule is CC(=O)Nc1ccc([C@@H]2CC[C@]3(C[C@H](C)N2)OCCc2cc(Cl)sc23)cn1. The van der Waals surface area contributed by atoms with E-state index in [1.807, 2.05) is 18.3 Å². The molecule has 4 heterocycles. The lowest BCUT2D eigenvalue weighted by Crippen LogP contribution is -2.38. The maximum Gasteiger partial charge on any atom is 0.222 e. The average molecular weight is 406 g/mol. The maximum absolute atomic E-state index is 11.2. The van der Waals surface area contributed by atoms with Crippen molar-refractivity contribution in [1.82, 2.24) is 10.3 Å². The third-order valence-electron chi connectivity index (χ3n) is 5.39. The summed E-state index contributed by atoms with van der Waals surface area (Å²) in [5.41, 5.74) is 2.24. The van der Waals surface area contributed by atoms with Gasteiger partial charge < -0.3 is 15.4 Å². The summed E-state index contributed by atoms with van der Waals surface area (Å²) in [6, 6.07) is 6.52. The van der Waals surface area contributed by atoms with Crippen LogP contribution in [0, 0.1) is 0 Å². The van der Waals surface area contributed by atoms with Crippen LogP contribution in [-0.2, 0) is 21.6 Å². The highest BCUT2D eigenvalue weighted by molar-refractivity contribution is 7.16. The molecule has 7 heteroatoms. The number of halogens is 1. The smallest absolute Gasteiger partial charge is 0.222 e. The average Bonchev–Trinajstić information content (AvgIpc) is 2.92. The topological polar surface area (TPSA) is 63.2 Å². The zero-order chi connectivity index (χ0) is 19.0. The lowest BCUT2D eigenvalue weighted by molar-refractivity contribution is -0.114. The summed E-state index contributed by atoms with van der Waals surface area (Å²) in [6.07, 6.45) is 5.64. The molecular weight excluding hydrogens is 382 g/mol. The Kier molecular flexibility index (Phi) is 5.25. The van der Waals surface area contributed by atoms with Gasteiger partial charge in [0.15, 0.2) is 0 Å². The minimum atomic E-state index is -0.240. The minimum absolute atomic E-state index is 0.113. The zero-order valence-electron chi connectivity index (χ0n) is 15.5. The second kappa shape index (κ2) is 7.51. The number of anilines is 1. The summed E-state index contributed by atoms with van der Waals surface area (Å²) in [7, 11) is 0. The molecule has 1 spiro atoms. The van der Waals surface area contributed by atoms with Crippen LogP contribution in [-0.4, -0.2) is 23.5 Å². The van der Waals surface area contributed by atoms with Crippen LogP contribution in [0.4, 0.5) is 5.82 Å². The second-order valence-corrected chi connectivity index (χ2v) is 9.20. The molecule has 1 amide bonds. The van der Waals surface area contributed by atoms with Gasteiger partial charge in [-0.3, -0.25) is 4.79 Å². The largest absolute Gasteiger partial charge is 0.369 e. The van der Waals surface area contributed by atoms with Crippen LogP contribution in [0.2, 0.25) is 4.34 Å². The summed E-state index contributed by atoms with van der Waals surface area (Å²) in [5.74, 6) is 0.469. The molecule has 0 radical (unpaired) electrons. The number of hydrogen-bond acceptors (Lipinski definition) is 5. The van der Waals surface area contributed by atoms with Gasteiger partial charge in [-0.05, 0) is 55.9 Å². The fraction of sp³-hybridized carbons (Fsp3) is 0.500. The Morgan fingerprint density at radius 1 is 1.48 bits per heavy atom. The summed E-state index contributed by atoms with van der Waals surface area (Å²) in [5, 5.41) is 6.44. The molecule has 2 aliphatic heterocycles. The number of hydrogen-bond donors (Lipinski definition) is 2. The van der Waals surface area contributed by atoms with Crippen molar-refractivity contribution in [3.05, 3.63) is 44.7 Å². The fourth-order valence-electron chi connectivity index (χ4n) is 4.31. The highest BCUT2D eigenvalue weighted by Gasteiger charge is 2.43. The van der Waals surface area contributed by atoms with Crippen molar-refractivity contribution in [2.45, 2.75) is 57.2 Å². The van der Waals surface area contributed by atoms with Crippen LogP contribution in [0.25, 0.3) is 0 Å². The first kappa shape index (κ1) is 18.9. The number of thiophene rings is 1. The standard InChI is InChI=1S/C20H24ClN3O2S/c1-12-10-20(19-14(6-8-26-20)9-17(21)27-19)7-5-16(23-12)15-3-4-18(22-11-15)24-13(2)25/h3-4,9,11-12,16,23H,5-8,10H2,1-2H3,(H,22,24,25)/t12-,16-,20+/m0/s1. The third-order valence-corrected chi connectivity index (χ3v) is 6.89. The Morgan fingerprint density at radius 3 is 3.07 bits per heavy atom. The Bertz CT molecular complexity index is 838. The van der Waals surface area contributed by atoms with Crippen molar-refractivity contribution in [2.24, 2.45) is 0 Å². The highest BCUT2D eigenvalue weighted by atomic mass is 35.5. The number of pyridine rings is 1.